The Bertz CT molecular complexity index is 512. The number of aromatic nitrogens is 4. The fourth-order valence-electron chi connectivity index (χ4n) is 1.26. The summed E-state index contributed by atoms with van der Waals surface area (Å²) in [6.07, 6.45) is 0. The van der Waals surface area contributed by atoms with E-state index >= 15 is 0 Å². The molecule has 4 nitrogen and oxygen atoms in total. The van der Waals surface area contributed by atoms with Gasteiger partial charge in [-0.1, -0.05) is 27.5 Å². The zero-order valence-corrected chi connectivity index (χ0v) is 11.3. The second-order valence-corrected chi connectivity index (χ2v) is 5.14. The van der Waals surface area contributed by atoms with Crippen molar-refractivity contribution in [1.29, 1.82) is 0 Å². The summed E-state index contributed by atoms with van der Waals surface area (Å²) in [5.41, 5.74) is 0.698. The first-order chi connectivity index (χ1) is 7.59. The molecule has 0 spiro atoms. The van der Waals surface area contributed by atoms with E-state index in [1.165, 1.54) is 4.68 Å². The summed E-state index contributed by atoms with van der Waals surface area (Å²) in [7, 11) is 0. The maximum absolute atomic E-state index is 6.08. The maximum Gasteiger partial charge on any atom is 0.174 e. The fourth-order valence-corrected chi connectivity index (χ4v) is 1.94. The van der Waals surface area contributed by atoms with E-state index in [0.29, 0.717) is 16.5 Å². The van der Waals surface area contributed by atoms with Crippen molar-refractivity contribution in [3.8, 4) is 5.69 Å². The molecule has 0 bridgehead atoms. The third kappa shape index (κ3) is 2.21. The molecule has 0 radical (unpaired) electrons. The van der Waals surface area contributed by atoms with Crippen LogP contribution in [0.25, 0.3) is 5.69 Å². The zero-order chi connectivity index (χ0) is 11.7. The Morgan fingerprint density at radius 2 is 2.19 bits per heavy atom. The smallest absolute Gasteiger partial charge is 0.174 e. The van der Waals surface area contributed by atoms with Gasteiger partial charge in [-0.3, -0.25) is 0 Å². The summed E-state index contributed by atoms with van der Waals surface area (Å²) in [5, 5.41) is 11.6. The lowest BCUT2D eigenvalue weighted by atomic mass is 10.3. The van der Waals surface area contributed by atoms with Crippen molar-refractivity contribution >= 4 is 39.1 Å². The second kappa shape index (κ2) is 4.69. The van der Waals surface area contributed by atoms with Crippen LogP contribution in [-0.2, 0) is 0 Å². The highest BCUT2D eigenvalue weighted by Crippen LogP contribution is 2.27. The molecule has 0 saturated carbocycles. The molecular formula is C9H7BrCl2N4. The molecule has 0 aliphatic carbocycles. The monoisotopic (exact) mass is 320 g/mol. The van der Waals surface area contributed by atoms with Crippen LogP contribution < -0.4 is 0 Å². The number of halogens is 3. The van der Waals surface area contributed by atoms with Crippen LogP contribution in [0.5, 0.6) is 0 Å². The predicted molar refractivity (Wildman–Crippen MR) is 66.1 cm³/mol. The summed E-state index contributed by atoms with van der Waals surface area (Å²) >= 11 is 15.4. The Labute approximate surface area is 111 Å². The first-order valence-electron chi connectivity index (χ1n) is 4.47. The van der Waals surface area contributed by atoms with Crippen molar-refractivity contribution in [2.45, 2.75) is 12.3 Å². The highest BCUT2D eigenvalue weighted by molar-refractivity contribution is 9.10. The number of nitrogens with zero attached hydrogens (tertiary/aromatic N) is 4. The van der Waals surface area contributed by atoms with Crippen LogP contribution in [-0.4, -0.2) is 20.2 Å². The quantitative estimate of drug-likeness (QED) is 0.796. The first-order valence-corrected chi connectivity index (χ1v) is 6.08. The van der Waals surface area contributed by atoms with Gasteiger partial charge in [0.25, 0.3) is 0 Å². The van der Waals surface area contributed by atoms with E-state index in [2.05, 4.69) is 31.5 Å². The summed E-state index contributed by atoms with van der Waals surface area (Å²) in [6, 6.07) is 5.45. The highest BCUT2D eigenvalue weighted by atomic mass is 79.9. The van der Waals surface area contributed by atoms with E-state index in [1.54, 1.807) is 13.0 Å². The standard InChI is InChI=1S/C9H7BrCl2N4/c1-5(11)9-13-14-15-16(9)8-4-6(10)2-3-7(8)12/h2-5H,1H3. The van der Waals surface area contributed by atoms with Crippen molar-refractivity contribution in [3.05, 3.63) is 33.5 Å². The van der Waals surface area contributed by atoms with Gasteiger partial charge in [0.15, 0.2) is 5.82 Å². The predicted octanol–water partition coefficient (Wildman–Crippen LogP) is 3.38. The van der Waals surface area contributed by atoms with Gasteiger partial charge < -0.3 is 0 Å². The Hall–Kier alpha value is -0.650. The molecule has 1 aromatic heterocycles. The van der Waals surface area contributed by atoms with Crippen molar-refractivity contribution in [3.63, 3.8) is 0 Å². The van der Waals surface area contributed by atoms with Crippen molar-refractivity contribution in [2.75, 3.05) is 0 Å². The van der Waals surface area contributed by atoms with E-state index in [1.807, 2.05) is 12.1 Å². The van der Waals surface area contributed by atoms with Crippen LogP contribution in [0.4, 0.5) is 0 Å². The normalized spacial score (nSPS) is 12.8. The molecule has 1 atom stereocenters. The van der Waals surface area contributed by atoms with Crippen LogP contribution in [0.1, 0.15) is 18.1 Å². The number of hydrogen-bond acceptors (Lipinski definition) is 3. The second-order valence-electron chi connectivity index (χ2n) is 3.16. The number of hydrogen-bond donors (Lipinski definition) is 0. The van der Waals surface area contributed by atoms with Gasteiger partial charge in [-0.2, -0.15) is 4.68 Å². The molecule has 84 valence electrons. The molecule has 2 aromatic rings. The van der Waals surface area contributed by atoms with Crippen LogP contribution >= 0.6 is 39.1 Å². The summed E-state index contributed by atoms with van der Waals surface area (Å²) in [5.74, 6) is 0.557. The topological polar surface area (TPSA) is 43.6 Å². The highest BCUT2D eigenvalue weighted by Gasteiger charge is 2.15. The molecule has 1 unspecified atom stereocenters. The number of benzene rings is 1. The summed E-state index contributed by atoms with van der Waals surface area (Å²) < 4.78 is 2.43. The van der Waals surface area contributed by atoms with Gasteiger partial charge in [0, 0.05) is 4.47 Å². The SMILES string of the molecule is CC(Cl)c1nnnn1-c1cc(Br)ccc1Cl. The molecule has 7 heteroatoms. The Morgan fingerprint density at radius 3 is 2.88 bits per heavy atom. The van der Waals surface area contributed by atoms with Gasteiger partial charge in [0.1, 0.15) is 0 Å². The fraction of sp³-hybridized carbons (Fsp3) is 0.222. The van der Waals surface area contributed by atoms with Gasteiger partial charge in [-0.05, 0) is 35.5 Å². The largest absolute Gasteiger partial charge is 0.194 e. The van der Waals surface area contributed by atoms with Gasteiger partial charge in [0.2, 0.25) is 0 Å². The Morgan fingerprint density at radius 1 is 1.44 bits per heavy atom. The van der Waals surface area contributed by atoms with Crippen LogP contribution in [0, 0.1) is 0 Å². The van der Waals surface area contributed by atoms with E-state index in [0.717, 1.165) is 4.47 Å². The number of alkyl halides is 1. The van der Waals surface area contributed by atoms with E-state index < -0.39 is 0 Å². The van der Waals surface area contributed by atoms with Crippen molar-refractivity contribution in [2.24, 2.45) is 0 Å². The van der Waals surface area contributed by atoms with Crippen molar-refractivity contribution < 1.29 is 0 Å². The number of rotatable bonds is 2. The lowest BCUT2D eigenvalue weighted by Crippen LogP contribution is -2.04. The van der Waals surface area contributed by atoms with Gasteiger partial charge >= 0.3 is 0 Å². The molecule has 0 aliphatic heterocycles. The minimum Gasteiger partial charge on any atom is -0.194 e. The molecule has 0 aliphatic rings. The average Bonchev–Trinajstić information content (AvgIpc) is 2.70. The van der Waals surface area contributed by atoms with Gasteiger partial charge in [0.05, 0.1) is 16.1 Å². The molecule has 0 amide bonds. The first kappa shape index (κ1) is 11.8. The molecular weight excluding hydrogens is 315 g/mol. The van der Waals surface area contributed by atoms with Crippen LogP contribution in [0.3, 0.4) is 0 Å². The maximum atomic E-state index is 6.08. The molecule has 16 heavy (non-hydrogen) atoms. The Kier molecular flexibility index (Phi) is 3.47. The van der Waals surface area contributed by atoms with Crippen LogP contribution in [0.2, 0.25) is 5.02 Å². The minimum atomic E-state index is -0.287. The molecule has 1 heterocycles. The van der Waals surface area contributed by atoms with E-state index in [4.69, 9.17) is 23.2 Å². The summed E-state index contributed by atoms with van der Waals surface area (Å²) in [4.78, 5) is 0. The molecule has 0 N–H and O–H groups in total. The van der Waals surface area contributed by atoms with Gasteiger partial charge in [-0.15, -0.1) is 16.7 Å². The van der Waals surface area contributed by atoms with E-state index in [-0.39, 0.29) is 5.38 Å². The number of tetrazole rings is 1. The van der Waals surface area contributed by atoms with Gasteiger partial charge in [-0.25, -0.2) is 0 Å². The third-order valence-electron chi connectivity index (χ3n) is 1.99. The minimum absolute atomic E-state index is 0.287. The lowest BCUT2D eigenvalue weighted by molar-refractivity contribution is 0.760. The molecule has 1 aromatic carbocycles. The summed E-state index contributed by atoms with van der Waals surface area (Å²) in [6.45, 7) is 1.80. The molecule has 2 rings (SSSR count). The molecule has 0 fully saturated rings. The van der Waals surface area contributed by atoms with Crippen LogP contribution in [0.15, 0.2) is 22.7 Å². The Balaban J connectivity index is 2.58. The van der Waals surface area contributed by atoms with Crippen molar-refractivity contribution in [1.82, 2.24) is 20.2 Å². The van der Waals surface area contributed by atoms with E-state index in [9.17, 15) is 0 Å². The zero-order valence-electron chi connectivity index (χ0n) is 8.23. The molecule has 0 saturated heterocycles. The lowest BCUT2D eigenvalue weighted by Gasteiger charge is -2.07. The third-order valence-corrected chi connectivity index (χ3v) is 2.99. The average molecular weight is 322 g/mol.